The molecule has 0 amide bonds. The van der Waals surface area contributed by atoms with Gasteiger partial charge in [-0.3, -0.25) is 0 Å². The van der Waals surface area contributed by atoms with E-state index >= 15 is 0 Å². The first kappa shape index (κ1) is 10.1. The first-order valence-electron chi connectivity index (χ1n) is 5.35. The number of aromatic nitrogens is 1. The SMILES string of the molecule is CNCC1CCC1Cc1nc(C)cs1. The fraction of sp³-hybridized carbons (Fsp3) is 0.727. The molecule has 2 atom stereocenters. The van der Waals surface area contributed by atoms with Gasteiger partial charge in [-0.2, -0.15) is 0 Å². The Bertz CT molecular complexity index is 295. The zero-order valence-corrected chi connectivity index (χ0v) is 9.73. The highest BCUT2D eigenvalue weighted by atomic mass is 32.1. The molecule has 78 valence electrons. The van der Waals surface area contributed by atoms with E-state index in [-0.39, 0.29) is 0 Å². The van der Waals surface area contributed by atoms with E-state index in [0.717, 1.165) is 11.8 Å². The predicted molar refractivity (Wildman–Crippen MR) is 60.7 cm³/mol. The molecule has 0 aromatic carbocycles. The summed E-state index contributed by atoms with van der Waals surface area (Å²) in [5.74, 6) is 1.78. The van der Waals surface area contributed by atoms with Crippen molar-refractivity contribution >= 4 is 11.3 Å². The third kappa shape index (κ3) is 2.15. The number of aryl methyl sites for hydroxylation is 1. The summed E-state index contributed by atoms with van der Waals surface area (Å²) >= 11 is 1.82. The summed E-state index contributed by atoms with van der Waals surface area (Å²) in [6.45, 7) is 3.25. The zero-order chi connectivity index (χ0) is 9.97. The summed E-state index contributed by atoms with van der Waals surface area (Å²) in [5.41, 5.74) is 1.18. The van der Waals surface area contributed by atoms with Gasteiger partial charge in [0.15, 0.2) is 0 Å². The van der Waals surface area contributed by atoms with Gasteiger partial charge in [-0.1, -0.05) is 0 Å². The Labute approximate surface area is 89.8 Å². The van der Waals surface area contributed by atoms with Crippen LogP contribution in [-0.2, 0) is 6.42 Å². The van der Waals surface area contributed by atoms with Crippen LogP contribution in [0.15, 0.2) is 5.38 Å². The van der Waals surface area contributed by atoms with Gasteiger partial charge in [0.25, 0.3) is 0 Å². The molecule has 1 N–H and O–H groups in total. The van der Waals surface area contributed by atoms with Crippen molar-refractivity contribution in [2.75, 3.05) is 13.6 Å². The van der Waals surface area contributed by atoms with E-state index < -0.39 is 0 Å². The molecule has 1 heterocycles. The molecule has 14 heavy (non-hydrogen) atoms. The Morgan fingerprint density at radius 3 is 2.79 bits per heavy atom. The first-order chi connectivity index (χ1) is 6.79. The van der Waals surface area contributed by atoms with Crippen molar-refractivity contribution in [2.45, 2.75) is 26.2 Å². The molecule has 1 saturated carbocycles. The van der Waals surface area contributed by atoms with Gasteiger partial charge in [0, 0.05) is 17.5 Å². The molecule has 3 heteroatoms. The van der Waals surface area contributed by atoms with E-state index in [1.807, 2.05) is 18.4 Å². The lowest BCUT2D eigenvalue weighted by Gasteiger charge is -2.36. The minimum atomic E-state index is 0.882. The van der Waals surface area contributed by atoms with Crippen LogP contribution in [0.3, 0.4) is 0 Å². The maximum absolute atomic E-state index is 4.53. The molecule has 0 aliphatic heterocycles. The van der Waals surface area contributed by atoms with Gasteiger partial charge >= 0.3 is 0 Å². The number of nitrogens with zero attached hydrogens (tertiary/aromatic N) is 1. The average Bonchev–Trinajstić information content (AvgIpc) is 2.55. The molecule has 1 aromatic heterocycles. The van der Waals surface area contributed by atoms with Crippen molar-refractivity contribution in [3.05, 3.63) is 16.1 Å². The number of hydrogen-bond acceptors (Lipinski definition) is 3. The molecule has 2 unspecified atom stereocenters. The Balaban J connectivity index is 1.86. The van der Waals surface area contributed by atoms with Crippen molar-refractivity contribution < 1.29 is 0 Å². The van der Waals surface area contributed by atoms with Gasteiger partial charge < -0.3 is 5.32 Å². The van der Waals surface area contributed by atoms with Gasteiger partial charge in [0.2, 0.25) is 0 Å². The van der Waals surface area contributed by atoms with Crippen LogP contribution in [-0.4, -0.2) is 18.6 Å². The van der Waals surface area contributed by atoms with Gasteiger partial charge in [0.1, 0.15) is 0 Å². The third-order valence-corrected chi connectivity index (χ3v) is 4.13. The molecule has 1 aromatic rings. The van der Waals surface area contributed by atoms with E-state index in [4.69, 9.17) is 0 Å². The molecular formula is C11H18N2S. The molecule has 2 nitrogen and oxygen atoms in total. The Morgan fingerprint density at radius 2 is 2.29 bits per heavy atom. The summed E-state index contributed by atoms with van der Waals surface area (Å²) < 4.78 is 0. The monoisotopic (exact) mass is 210 g/mol. The number of nitrogens with one attached hydrogen (secondary N) is 1. The molecule has 2 rings (SSSR count). The van der Waals surface area contributed by atoms with Crippen molar-refractivity contribution in [3.8, 4) is 0 Å². The van der Waals surface area contributed by atoms with Gasteiger partial charge in [-0.25, -0.2) is 4.98 Å². The van der Waals surface area contributed by atoms with Gasteiger partial charge in [-0.05, 0) is 45.2 Å². The highest BCUT2D eigenvalue weighted by Gasteiger charge is 2.30. The summed E-state index contributed by atoms with van der Waals surface area (Å²) in [6, 6.07) is 0. The number of hydrogen-bond donors (Lipinski definition) is 1. The second-order valence-corrected chi connectivity index (χ2v) is 5.18. The fourth-order valence-electron chi connectivity index (χ4n) is 2.16. The maximum atomic E-state index is 4.53. The highest BCUT2D eigenvalue weighted by molar-refractivity contribution is 7.09. The number of rotatable bonds is 4. The van der Waals surface area contributed by atoms with Crippen molar-refractivity contribution in [1.82, 2.24) is 10.3 Å². The lowest BCUT2D eigenvalue weighted by atomic mass is 9.72. The fourth-order valence-corrected chi connectivity index (χ4v) is 3.02. The van der Waals surface area contributed by atoms with Crippen LogP contribution < -0.4 is 5.32 Å². The van der Waals surface area contributed by atoms with Crippen molar-refractivity contribution in [1.29, 1.82) is 0 Å². The zero-order valence-electron chi connectivity index (χ0n) is 8.92. The molecule has 1 fully saturated rings. The molecular weight excluding hydrogens is 192 g/mol. The average molecular weight is 210 g/mol. The standard InChI is InChI=1S/C11H18N2S/c1-8-7-14-11(13-8)5-9-3-4-10(9)6-12-2/h7,9-10,12H,3-6H2,1-2H3. The second kappa shape index (κ2) is 4.41. The van der Waals surface area contributed by atoms with Crippen molar-refractivity contribution in [3.63, 3.8) is 0 Å². The summed E-state index contributed by atoms with van der Waals surface area (Å²) in [5, 5.41) is 6.75. The smallest absolute Gasteiger partial charge is 0.0930 e. The molecule has 1 aliphatic rings. The van der Waals surface area contributed by atoms with E-state index in [1.165, 1.54) is 36.5 Å². The molecule has 1 aliphatic carbocycles. The highest BCUT2D eigenvalue weighted by Crippen LogP contribution is 2.36. The maximum Gasteiger partial charge on any atom is 0.0930 e. The second-order valence-electron chi connectivity index (χ2n) is 4.24. The molecule has 0 spiro atoms. The Hall–Kier alpha value is -0.410. The topological polar surface area (TPSA) is 24.9 Å². The largest absolute Gasteiger partial charge is 0.319 e. The summed E-state index contributed by atoms with van der Waals surface area (Å²) in [6.07, 6.45) is 3.99. The molecule has 0 saturated heterocycles. The third-order valence-electron chi connectivity index (χ3n) is 3.14. The van der Waals surface area contributed by atoms with Crippen LogP contribution >= 0.6 is 11.3 Å². The number of thiazole rings is 1. The van der Waals surface area contributed by atoms with E-state index in [0.29, 0.717) is 0 Å². The molecule has 0 radical (unpaired) electrons. The van der Waals surface area contributed by atoms with Crippen LogP contribution in [0.4, 0.5) is 0 Å². The minimum Gasteiger partial charge on any atom is -0.319 e. The summed E-state index contributed by atoms with van der Waals surface area (Å²) in [7, 11) is 2.04. The lowest BCUT2D eigenvalue weighted by molar-refractivity contribution is 0.174. The van der Waals surface area contributed by atoms with Crippen LogP contribution in [0, 0.1) is 18.8 Å². The van der Waals surface area contributed by atoms with Crippen molar-refractivity contribution in [2.24, 2.45) is 11.8 Å². The van der Waals surface area contributed by atoms with Crippen LogP contribution in [0.2, 0.25) is 0 Å². The first-order valence-corrected chi connectivity index (χ1v) is 6.23. The van der Waals surface area contributed by atoms with E-state index in [9.17, 15) is 0 Å². The van der Waals surface area contributed by atoms with E-state index in [2.05, 4.69) is 22.6 Å². The quantitative estimate of drug-likeness (QED) is 0.824. The predicted octanol–water partition coefficient (Wildman–Crippen LogP) is 2.24. The van der Waals surface area contributed by atoms with Gasteiger partial charge in [0.05, 0.1) is 5.01 Å². The van der Waals surface area contributed by atoms with Crippen LogP contribution in [0.1, 0.15) is 23.5 Å². The minimum absolute atomic E-state index is 0.882. The lowest BCUT2D eigenvalue weighted by Crippen LogP contribution is -2.35. The van der Waals surface area contributed by atoms with Crippen LogP contribution in [0.25, 0.3) is 0 Å². The van der Waals surface area contributed by atoms with E-state index in [1.54, 1.807) is 0 Å². The van der Waals surface area contributed by atoms with Crippen LogP contribution in [0.5, 0.6) is 0 Å². The molecule has 0 bridgehead atoms. The Kier molecular flexibility index (Phi) is 3.19. The Morgan fingerprint density at radius 1 is 1.50 bits per heavy atom. The summed E-state index contributed by atoms with van der Waals surface area (Å²) in [4.78, 5) is 4.53. The van der Waals surface area contributed by atoms with Gasteiger partial charge in [-0.15, -0.1) is 11.3 Å². The normalized spacial score (nSPS) is 26.1.